The van der Waals surface area contributed by atoms with E-state index in [4.69, 9.17) is 27.9 Å². The predicted octanol–water partition coefficient (Wildman–Crippen LogP) is 4.12. The molecule has 1 unspecified atom stereocenters. The van der Waals surface area contributed by atoms with Gasteiger partial charge in [-0.3, -0.25) is 14.4 Å². The van der Waals surface area contributed by atoms with Crippen LogP contribution in [0.4, 0.5) is 5.69 Å². The van der Waals surface area contributed by atoms with E-state index in [9.17, 15) is 29.4 Å². The number of phenolic OH excluding ortho intramolecular Hbond substituents is 2. The zero-order valence-electron chi connectivity index (χ0n) is 22.1. The van der Waals surface area contributed by atoms with Gasteiger partial charge in [-0.1, -0.05) is 36.4 Å². The minimum absolute atomic E-state index is 0.0667. The number of nitrogens with zero attached hydrogens (tertiary/aromatic N) is 1. The topological polar surface area (TPSA) is 133 Å². The number of anilines is 1. The molecule has 214 valence electrons. The van der Waals surface area contributed by atoms with Crippen LogP contribution in [-0.2, 0) is 20.7 Å². The summed E-state index contributed by atoms with van der Waals surface area (Å²) < 4.78 is 5.54. The number of rotatable bonds is 12. The summed E-state index contributed by atoms with van der Waals surface area (Å²) in [5, 5.41) is 24.1. The number of hydrogen-bond acceptors (Lipinski definition) is 8. The van der Waals surface area contributed by atoms with Crippen LogP contribution in [0.2, 0.25) is 0 Å². The van der Waals surface area contributed by atoms with E-state index >= 15 is 0 Å². The Hall–Kier alpha value is -4.08. The van der Waals surface area contributed by atoms with Crippen molar-refractivity contribution >= 4 is 52.8 Å². The van der Waals surface area contributed by atoms with E-state index < -0.39 is 41.2 Å². The molecule has 0 spiro atoms. The number of amides is 1. The van der Waals surface area contributed by atoms with Crippen LogP contribution >= 0.6 is 23.2 Å². The molecular weight excluding hydrogens is 571 g/mol. The lowest BCUT2D eigenvalue weighted by Gasteiger charge is -2.24. The van der Waals surface area contributed by atoms with Gasteiger partial charge in [0.25, 0.3) is 0 Å². The summed E-state index contributed by atoms with van der Waals surface area (Å²) in [4.78, 5) is 52.5. The third kappa shape index (κ3) is 6.16. The Morgan fingerprint density at radius 1 is 0.976 bits per heavy atom. The largest absolute Gasteiger partial charge is 0.507 e. The molecule has 3 aromatic rings. The predicted molar refractivity (Wildman–Crippen MR) is 154 cm³/mol. The Balaban J connectivity index is 1.54. The summed E-state index contributed by atoms with van der Waals surface area (Å²) in [7, 11) is 0. The second-order valence-corrected chi connectivity index (χ2v) is 10.2. The number of nitrogens with one attached hydrogen (secondary N) is 1. The molecule has 41 heavy (non-hydrogen) atoms. The van der Waals surface area contributed by atoms with Crippen molar-refractivity contribution in [3.8, 4) is 11.5 Å². The first-order valence-corrected chi connectivity index (χ1v) is 13.9. The Morgan fingerprint density at radius 2 is 1.56 bits per heavy atom. The molecule has 0 bridgehead atoms. The van der Waals surface area contributed by atoms with E-state index in [1.807, 2.05) is 29.2 Å². The second kappa shape index (κ2) is 13.1. The van der Waals surface area contributed by atoms with Crippen molar-refractivity contribution in [1.82, 2.24) is 5.32 Å². The molecule has 0 saturated heterocycles. The van der Waals surface area contributed by atoms with Crippen LogP contribution in [-0.4, -0.2) is 65.1 Å². The molecule has 4 rings (SSSR count). The first-order valence-electron chi connectivity index (χ1n) is 12.8. The number of benzene rings is 3. The summed E-state index contributed by atoms with van der Waals surface area (Å²) >= 11 is 11.8. The fourth-order valence-electron chi connectivity index (χ4n) is 4.85. The van der Waals surface area contributed by atoms with Crippen molar-refractivity contribution in [3.63, 3.8) is 0 Å². The maximum Gasteiger partial charge on any atom is 0.329 e. The summed E-state index contributed by atoms with van der Waals surface area (Å²) in [5.74, 6) is -2.27. The Kier molecular flexibility index (Phi) is 9.52. The molecule has 1 aliphatic carbocycles. The van der Waals surface area contributed by atoms with Crippen molar-refractivity contribution < 1.29 is 34.1 Å². The second-order valence-electron chi connectivity index (χ2n) is 9.44. The lowest BCUT2D eigenvalue weighted by atomic mass is 9.81. The van der Waals surface area contributed by atoms with Crippen LogP contribution in [0.1, 0.15) is 56.0 Å². The fourth-order valence-corrected chi connectivity index (χ4v) is 5.26. The number of alkyl halides is 2. The summed E-state index contributed by atoms with van der Waals surface area (Å²) in [5.41, 5.74) is 1.13. The third-order valence-electron chi connectivity index (χ3n) is 6.91. The first kappa shape index (κ1) is 29.9. The molecule has 0 saturated carbocycles. The van der Waals surface area contributed by atoms with Crippen molar-refractivity contribution in [3.05, 3.63) is 88.0 Å². The van der Waals surface area contributed by atoms with Gasteiger partial charge in [0.05, 0.1) is 11.1 Å². The van der Waals surface area contributed by atoms with Gasteiger partial charge in [0, 0.05) is 53.6 Å². The van der Waals surface area contributed by atoms with Crippen LogP contribution in [0.5, 0.6) is 11.5 Å². The van der Waals surface area contributed by atoms with Gasteiger partial charge in [-0.15, -0.1) is 23.2 Å². The maximum absolute atomic E-state index is 13.2. The summed E-state index contributed by atoms with van der Waals surface area (Å²) in [6, 6.07) is 13.5. The number of fused-ring (bicyclic) bond motifs is 2. The van der Waals surface area contributed by atoms with Gasteiger partial charge in [0.2, 0.25) is 6.41 Å². The van der Waals surface area contributed by atoms with Crippen molar-refractivity contribution in [1.29, 1.82) is 0 Å². The smallest absolute Gasteiger partial charge is 0.329 e. The van der Waals surface area contributed by atoms with Crippen LogP contribution in [0.15, 0.2) is 54.6 Å². The standard InChI is InChI=1S/C30H28Cl2N2O7/c1-17(22-15-24(36)25-26(29(22)39)28(38)21-5-3-2-4-20(21)27(25)37)41-30(40)23(33-16-35)14-18-6-8-19(9-7-18)34(12-10-31)13-11-32/h2-9,15-17,23,36,39H,10-14H2,1H3,(H,33,35)/t17?,23-/m0/s1. The quantitative estimate of drug-likeness (QED) is 0.0959. The van der Waals surface area contributed by atoms with Crippen molar-refractivity contribution in [2.45, 2.75) is 25.5 Å². The fraction of sp³-hybridized carbons (Fsp3) is 0.267. The van der Waals surface area contributed by atoms with Crippen molar-refractivity contribution in [2.75, 3.05) is 29.7 Å². The average Bonchev–Trinajstić information content (AvgIpc) is 2.96. The molecule has 0 radical (unpaired) electrons. The normalized spacial score (nSPS) is 13.5. The number of carbonyl (C=O) groups is 4. The number of hydrogen-bond donors (Lipinski definition) is 3. The van der Waals surface area contributed by atoms with Crippen LogP contribution in [0.3, 0.4) is 0 Å². The highest BCUT2D eigenvalue weighted by atomic mass is 35.5. The number of phenols is 2. The van der Waals surface area contributed by atoms with E-state index in [0.29, 0.717) is 31.3 Å². The molecular formula is C30H28Cl2N2O7. The summed E-state index contributed by atoms with van der Waals surface area (Å²) in [6.45, 7) is 2.67. The van der Waals surface area contributed by atoms with Crippen LogP contribution in [0.25, 0.3) is 0 Å². The van der Waals surface area contributed by atoms with Gasteiger partial charge in [-0.2, -0.15) is 0 Å². The van der Waals surface area contributed by atoms with E-state index in [0.717, 1.165) is 17.3 Å². The van der Waals surface area contributed by atoms with Gasteiger partial charge in [-0.25, -0.2) is 4.79 Å². The Labute approximate surface area is 246 Å². The lowest BCUT2D eigenvalue weighted by molar-refractivity contribution is -0.151. The van der Waals surface area contributed by atoms with E-state index in [2.05, 4.69) is 5.32 Å². The van der Waals surface area contributed by atoms with Crippen molar-refractivity contribution in [2.24, 2.45) is 0 Å². The summed E-state index contributed by atoms with van der Waals surface area (Å²) in [6.07, 6.45) is -0.644. The van der Waals surface area contributed by atoms with Crippen LogP contribution in [0, 0.1) is 0 Å². The molecule has 9 nitrogen and oxygen atoms in total. The zero-order chi connectivity index (χ0) is 29.7. The number of ether oxygens (including phenoxy) is 1. The highest BCUT2D eigenvalue weighted by Crippen LogP contribution is 2.42. The maximum atomic E-state index is 13.2. The molecule has 11 heteroatoms. The Morgan fingerprint density at radius 3 is 2.12 bits per heavy atom. The van der Waals surface area contributed by atoms with E-state index in [1.54, 1.807) is 12.1 Å². The number of carbonyl (C=O) groups excluding carboxylic acids is 4. The number of ketones is 2. The highest BCUT2D eigenvalue weighted by Gasteiger charge is 2.37. The molecule has 3 aromatic carbocycles. The molecule has 0 heterocycles. The lowest BCUT2D eigenvalue weighted by Crippen LogP contribution is -2.39. The van der Waals surface area contributed by atoms with Gasteiger partial charge < -0.3 is 25.2 Å². The number of halogens is 2. The van der Waals surface area contributed by atoms with Gasteiger partial charge in [0.15, 0.2) is 11.6 Å². The number of aromatic hydroxyl groups is 2. The first-order chi connectivity index (χ1) is 19.7. The molecule has 0 fully saturated rings. The molecule has 0 aliphatic heterocycles. The van der Waals surface area contributed by atoms with Gasteiger partial charge >= 0.3 is 5.97 Å². The molecule has 1 amide bonds. The monoisotopic (exact) mass is 598 g/mol. The van der Waals surface area contributed by atoms with E-state index in [1.165, 1.54) is 19.1 Å². The number of esters is 1. The van der Waals surface area contributed by atoms with Crippen LogP contribution < -0.4 is 10.2 Å². The Bertz CT molecular complexity index is 1470. The third-order valence-corrected chi connectivity index (χ3v) is 7.25. The zero-order valence-corrected chi connectivity index (χ0v) is 23.6. The molecule has 1 aliphatic rings. The average molecular weight is 599 g/mol. The molecule has 3 N–H and O–H groups in total. The van der Waals surface area contributed by atoms with Gasteiger partial charge in [0.1, 0.15) is 23.6 Å². The minimum atomic E-state index is -1.14. The van der Waals surface area contributed by atoms with Gasteiger partial charge in [-0.05, 0) is 30.7 Å². The minimum Gasteiger partial charge on any atom is -0.507 e. The highest BCUT2D eigenvalue weighted by molar-refractivity contribution is 6.30. The molecule has 2 atom stereocenters. The van der Waals surface area contributed by atoms with E-state index in [-0.39, 0.29) is 34.2 Å². The molecule has 0 aromatic heterocycles. The SMILES string of the molecule is CC(OC(=O)[C@H](Cc1ccc(N(CCCl)CCCl)cc1)NC=O)c1cc(O)c2c(c1O)C(=O)c1ccccc1C2=O.